The van der Waals surface area contributed by atoms with Gasteiger partial charge in [-0.3, -0.25) is 4.79 Å². The molecule has 140 valence electrons. The van der Waals surface area contributed by atoms with Crippen LogP contribution in [0.1, 0.15) is 18.3 Å². The van der Waals surface area contributed by atoms with Crippen LogP contribution in [0.3, 0.4) is 0 Å². The summed E-state index contributed by atoms with van der Waals surface area (Å²) in [5.74, 6) is 1.48. The quantitative estimate of drug-likeness (QED) is 0.575. The highest BCUT2D eigenvalue weighted by Crippen LogP contribution is 2.27. The van der Waals surface area contributed by atoms with E-state index in [-0.39, 0.29) is 11.2 Å². The molecule has 27 heavy (non-hydrogen) atoms. The molecule has 0 radical (unpaired) electrons. The van der Waals surface area contributed by atoms with Gasteiger partial charge in [0.2, 0.25) is 5.91 Å². The van der Waals surface area contributed by atoms with Crippen LogP contribution in [0.15, 0.2) is 59.1 Å². The lowest BCUT2D eigenvalue weighted by atomic mass is 10.2. The molecule has 1 heterocycles. The molecule has 0 aliphatic rings. The van der Waals surface area contributed by atoms with Crippen molar-refractivity contribution < 1.29 is 9.32 Å². The lowest BCUT2D eigenvalue weighted by molar-refractivity contribution is -0.129. The Morgan fingerprint density at radius 3 is 2.63 bits per heavy atom. The minimum atomic E-state index is -0.207. The monoisotopic (exact) mass is 401 g/mol. The molecule has 1 amide bonds. The average molecular weight is 402 g/mol. The van der Waals surface area contributed by atoms with E-state index in [2.05, 4.69) is 10.1 Å². The average Bonchev–Trinajstić information content (AvgIpc) is 3.15. The number of carbonyl (C=O) groups is 1. The van der Waals surface area contributed by atoms with Crippen LogP contribution in [-0.4, -0.2) is 33.2 Å². The van der Waals surface area contributed by atoms with E-state index in [1.165, 1.54) is 11.8 Å². The molecule has 2 aromatic carbocycles. The highest BCUT2D eigenvalue weighted by Gasteiger charge is 2.20. The number of aromatic nitrogens is 2. The van der Waals surface area contributed by atoms with Gasteiger partial charge in [0.15, 0.2) is 5.82 Å². The normalized spacial score (nSPS) is 12.0. The number of halogens is 1. The van der Waals surface area contributed by atoms with Crippen molar-refractivity contribution in [1.82, 2.24) is 15.0 Å². The van der Waals surface area contributed by atoms with Gasteiger partial charge in [0, 0.05) is 13.6 Å². The molecular formula is C20H20ClN3O2S. The van der Waals surface area contributed by atoms with Gasteiger partial charge in [-0.25, -0.2) is 0 Å². The van der Waals surface area contributed by atoms with E-state index >= 15 is 0 Å². The Kier molecular flexibility index (Phi) is 6.53. The predicted octanol–water partition coefficient (Wildman–Crippen LogP) is 4.67. The van der Waals surface area contributed by atoms with Gasteiger partial charge in [-0.15, -0.1) is 11.8 Å². The molecule has 0 saturated heterocycles. The summed E-state index contributed by atoms with van der Waals surface area (Å²) in [6.07, 6.45) is 0. The van der Waals surface area contributed by atoms with Crippen LogP contribution in [0.4, 0.5) is 0 Å². The van der Waals surface area contributed by atoms with Crippen molar-refractivity contribution in [3.8, 4) is 11.5 Å². The van der Waals surface area contributed by atoms with Crippen LogP contribution in [-0.2, 0) is 17.1 Å². The maximum absolute atomic E-state index is 12.6. The fraction of sp³-hybridized carbons (Fsp3) is 0.250. The second kappa shape index (κ2) is 9.06. The predicted molar refractivity (Wildman–Crippen MR) is 108 cm³/mol. The molecule has 1 unspecified atom stereocenters. The molecule has 1 atom stereocenters. The first-order chi connectivity index (χ1) is 13.0. The van der Waals surface area contributed by atoms with Gasteiger partial charge in [-0.1, -0.05) is 59.2 Å². The number of amides is 1. The minimum Gasteiger partial charge on any atom is -0.340 e. The van der Waals surface area contributed by atoms with Crippen molar-refractivity contribution >= 4 is 29.3 Å². The first-order valence-corrected chi connectivity index (χ1v) is 9.95. The summed E-state index contributed by atoms with van der Waals surface area (Å²) in [6, 6.07) is 17.2. The SMILES string of the molecule is CC(SCc1noc(-c2ccccc2Cl)n1)C(=O)N(C)Cc1ccccc1. The van der Waals surface area contributed by atoms with Gasteiger partial charge in [0.05, 0.1) is 21.6 Å². The Morgan fingerprint density at radius 1 is 1.19 bits per heavy atom. The Labute approximate surface area is 167 Å². The van der Waals surface area contributed by atoms with Gasteiger partial charge < -0.3 is 9.42 Å². The fourth-order valence-electron chi connectivity index (χ4n) is 2.57. The van der Waals surface area contributed by atoms with E-state index in [0.29, 0.717) is 34.6 Å². The molecule has 1 aromatic heterocycles. The molecule has 0 N–H and O–H groups in total. The molecule has 5 nitrogen and oxygen atoms in total. The lowest BCUT2D eigenvalue weighted by Crippen LogP contribution is -2.32. The third-order valence-electron chi connectivity index (χ3n) is 4.02. The minimum absolute atomic E-state index is 0.0682. The summed E-state index contributed by atoms with van der Waals surface area (Å²) in [6.45, 7) is 2.48. The van der Waals surface area contributed by atoms with E-state index in [1.54, 1.807) is 11.0 Å². The van der Waals surface area contributed by atoms with Crippen LogP contribution < -0.4 is 0 Å². The highest BCUT2D eigenvalue weighted by molar-refractivity contribution is 7.99. The molecule has 0 aliphatic heterocycles. The second-order valence-electron chi connectivity index (χ2n) is 6.13. The molecule has 7 heteroatoms. The van der Waals surface area contributed by atoms with Crippen molar-refractivity contribution in [2.24, 2.45) is 0 Å². The smallest absolute Gasteiger partial charge is 0.259 e. The highest BCUT2D eigenvalue weighted by atomic mass is 35.5. The van der Waals surface area contributed by atoms with Crippen molar-refractivity contribution in [2.45, 2.75) is 24.5 Å². The molecule has 3 rings (SSSR count). The number of benzene rings is 2. The van der Waals surface area contributed by atoms with Crippen molar-refractivity contribution in [2.75, 3.05) is 7.05 Å². The summed E-state index contributed by atoms with van der Waals surface area (Å²) < 4.78 is 5.30. The maximum atomic E-state index is 12.6. The summed E-state index contributed by atoms with van der Waals surface area (Å²) in [5.41, 5.74) is 1.81. The largest absolute Gasteiger partial charge is 0.340 e. The molecule has 0 saturated carbocycles. The van der Waals surface area contributed by atoms with Gasteiger partial charge in [-0.05, 0) is 24.6 Å². The van der Waals surface area contributed by atoms with Gasteiger partial charge >= 0.3 is 0 Å². The van der Waals surface area contributed by atoms with Crippen molar-refractivity contribution in [3.63, 3.8) is 0 Å². The number of hydrogen-bond donors (Lipinski definition) is 0. The molecule has 0 fully saturated rings. The van der Waals surface area contributed by atoms with Gasteiger partial charge in [0.1, 0.15) is 0 Å². The number of rotatable bonds is 7. The number of thioether (sulfide) groups is 1. The summed E-state index contributed by atoms with van der Waals surface area (Å²) >= 11 is 7.64. The zero-order chi connectivity index (χ0) is 19.2. The Hall–Kier alpha value is -2.31. The molecule has 0 spiro atoms. The zero-order valence-corrected chi connectivity index (χ0v) is 16.7. The second-order valence-corrected chi connectivity index (χ2v) is 7.87. The first kappa shape index (κ1) is 19.5. The molecule has 3 aromatic rings. The number of carbonyl (C=O) groups excluding carboxylic acids is 1. The Bertz CT molecular complexity index is 901. The van der Waals surface area contributed by atoms with E-state index < -0.39 is 0 Å². The first-order valence-electron chi connectivity index (χ1n) is 8.52. The zero-order valence-electron chi connectivity index (χ0n) is 15.1. The Balaban J connectivity index is 1.55. The summed E-state index contributed by atoms with van der Waals surface area (Å²) in [7, 11) is 1.82. The standard InChI is InChI=1S/C20H20ClN3O2S/c1-14(20(25)24(2)12-15-8-4-3-5-9-15)27-13-18-22-19(26-23-18)16-10-6-7-11-17(16)21/h3-11,14H,12-13H2,1-2H3. The van der Waals surface area contributed by atoms with Gasteiger partial charge in [0.25, 0.3) is 5.89 Å². The van der Waals surface area contributed by atoms with Crippen LogP contribution in [0.5, 0.6) is 0 Å². The molecule has 0 aliphatic carbocycles. The van der Waals surface area contributed by atoms with E-state index in [4.69, 9.17) is 16.1 Å². The Morgan fingerprint density at radius 2 is 1.89 bits per heavy atom. The van der Waals surface area contributed by atoms with E-state index in [0.717, 1.165) is 5.56 Å². The summed E-state index contributed by atoms with van der Waals surface area (Å²) in [5, 5.41) is 4.34. The topological polar surface area (TPSA) is 59.2 Å². The van der Waals surface area contributed by atoms with Gasteiger partial charge in [-0.2, -0.15) is 4.98 Å². The van der Waals surface area contributed by atoms with Crippen LogP contribution in [0, 0.1) is 0 Å². The van der Waals surface area contributed by atoms with Crippen molar-refractivity contribution in [1.29, 1.82) is 0 Å². The fourth-order valence-corrected chi connectivity index (χ4v) is 3.63. The number of nitrogens with zero attached hydrogens (tertiary/aromatic N) is 3. The van der Waals surface area contributed by atoms with Crippen LogP contribution >= 0.6 is 23.4 Å². The third kappa shape index (κ3) is 5.11. The maximum Gasteiger partial charge on any atom is 0.259 e. The third-order valence-corrected chi connectivity index (χ3v) is 5.48. The van der Waals surface area contributed by atoms with E-state index in [9.17, 15) is 4.79 Å². The molecular weight excluding hydrogens is 382 g/mol. The van der Waals surface area contributed by atoms with E-state index in [1.807, 2.05) is 62.5 Å². The van der Waals surface area contributed by atoms with Crippen LogP contribution in [0.2, 0.25) is 5.02 Å². The molecule has 0 bridgehead atoms. The summed E-state index contributed by atoms with van der Waals surface area (Å²) in [4.78, 5) is 18.7. The number of hydrogen-bond acceptors (Lipinski definition) is 5. The van der Waals surface area contributed by atoms with Crippen molar-refractivity contribution in [3.05, 3.63) is 71.0 Å². The lowest BCUT2D eigenvalue weighted by Gasteiger charge is -2.21. The van der Waals surface area contributed by atoms with Crippen LogP contribution in [0.25, 0.3) is 11.5 Å².